The zero-order chi connectivity index (χ0) is 22.5. The van der Waals surface area contributed by atoms with Crippen LogP contribution in [-0.4, -0.2) is 25.7 Å². The number of aromatic nitrogens is 4. The molecule has 2 N–H and O–H groups in total. The van der Waals surface area contributed by atoms with Crippen LogP contribution < -0.4 is 16.4 Å². The summed E-state index contributed by atoms with van der Waals surface area (Å²) < 4.78 is 1.13. The minimum Gasteiger partial charge on any atom is -0.324 e. The van der Waals surface area contributed by atoms with Gasteiger partial charge in [0, 0.05) is 34.6 Å². The van der Waals surface area contributed by atoms with E-state index in [-0.39, 0.29) is 17.7 Å². The van der Waals surface area contributed by atoms with Crippen molar-refractivity contribution >= 4 is 11.6 Å². The van der Waals surface area contributed by atoms with Gasteiger partial charge in [0.05, 0.1) is 5.69 Å². The smallest absolute Gasteiger partial charge is 0.267 e. The van der Waals surface area contributed by atoms with Crippen molar-refractivity contribution in [3.8, 4) is 22.6 Å². The molecule has 4 aromatic rings. The molecule has 0 aliphatic carbocycles. The number of carbonyl (C=O) groups is 1. The van der Waals surface area contributed by atoms with E-state index in [2.05, 4.69) is 20.4 Å². The Bertz CT molecular complexity index is 1380. The molecule has 2 aromatic carbocycles. The quantitative estimate of drug-likeness (QED) is 0.492. The van der Waals surface area contributed by atoms with Crippen molar-refractivity contribution in [1.29, 1.82) is 0 Å². The van der Waals surface area contributed by atoms with Gasteiger partial charge in [-0.3, -0.25) is 14.4 Å². The van der Waals surface area contributed by atoms with Gasteiger partial charge in [-0.25, -0.2) is 9.67 Å². The second kappa shape index (κ2) is 9.22. The maximum absolute atomic E-state index is 12.6. The second-order valence-corrected chi connectivity index (χ2v) is 7.15. The first-order valence-electron chi connectivity index (χ1n) is 10.2. The second-order valence-electron chi connectivity index (χ2n) is 7.15. The maximum Gasteiger partial charge on any atom is 0.267 e. The Kier molecular flexibility index (Phi) is 6.03. The number of nitrogens with zero attached hydrogens (tertiary/aromatic N) is 3. The molecule has 0 fully saturated rings. The van der Waals surface area contributed by atoms with Crippen LogP contribution in [0, 0.1) is 0 Å². The number of benzene rings is 2. The highest BCUT2D eigenvalue weighted by molar-refractivity contribution is 5.91. The highest BCUT2D eigenvalue weighted by Gasteiger charge is 2.10. The molecule has 0 bridgehead atoms. The molecule has 8 heteroatoms. The number of nitrogens with one attached hydrogen (secondary N) is 2. The van der Waals surface area contributed by atoms with Crippen molar-refractivity contribution in [3.63, 3.8) is 0 Å². The Morgan fingerprint density at radius 2 is 1.75 bits per heavy atom. The fourth-order valence-corrected chi connectivity index (χ4v) is 3.23. The van der Waals surface area contributed by atoms with Crippen LogP contribution in [0.1, 0.15) is 12.6 Å². The van der Waals surface area contributed by atoms with E-state index < -0.39 is 5.91 Å². The van der Waals surface area contributed by atoms with E-state index in [1.165, 1.54) is 12.1 Å². The average molecular weight is 427 g/mol. The molecular formula is C24H21N5O3. The Hall–Kier alpha value is -4.33. The highest BCUT2D eigenvalue weighted by atomic mass is 16.2. The summed E-state index contributed by atoms with van der Waals surface area (Å²) in [6.07, 6.45) is 0.636. The molecule has 8 nitrogen and oxygen atoms in total. The first-order valence-corrected chi connectivity index (χ1v) is 10.2. The summed E-state index contributed by atoms with van der Waals surface area (Å²) in [5.41, 5.74) is 2.72. The van der Waals surface area contributed by atoms with Gasteiger partial charge in [0.2, 0.25) is 5.91 Å². The highest BCUT2D eigenvalue weighted by Crippen LogP contribution is 2.19. The minimum atomic E-state index is -0.397. The normalized spacial score (nSPS) is 10.7. The van der Waals surface area contributed by atoms with Gasteiger partial charge >= 0.3 is 0 Å². The van der Waals surface area contributed by atoms with Gasteiger partial charge in [-0.2, -0.15) is 5.10 Å². The van der Waals surface area contributed by atoms with Crippen LogP contribution in [0.25, 0.3) is 22.6 Å². The monoisotopic (exact) mass is 427 g/mol. The summed E-state index contributed by atoms with van der Waals surface area (Å²) in [4.78, 5) is 43.8. The van der Waals surface area contributed by atoms with Crippen LogP contribution in [0.3, 0.4) is 0 Å². The van der Waals surface area contributed by atoms with Crippen molar-refractivity contribution in [1.82, 2.24) is 19.7 Å². The van der Waals surface area contributed by atoms with Crippen molar-refractivity contribution in [2.45, 2.75) is 19.9 Å². The van der Waals surface area contributed by atoms with E-state index in [0.717, 1.165) is 10.2 Å². The lowest BCUT2D eigenvalue weighted by Gasteiger charge is -2.10. The molecule has 0 aliphatic rings. The van der Waals surface area contributed by atoms with Crippen molar-refractivity contribution in [3.05, 3.63) is 99.2 Å². The molecule has 0 saturated carbocycles. The number of rotatable bonds is 6. The molecule has 160 valence electrons. The number of aromatic amines is 1. The third-order valence-electron chi connectivity index (χ3n) is 4.81. The van der Waals surface area contributed by atoms with E-state index in [1.807, 2.05) is 37.3 Å². The summed E-state index contributed by atoms with van der Waals surface area (Å²) in [5, 5.41) is 7.08. The lowest BCUT2D eigenvalue weighted by molar-refractivity contribution is -0.117. The Labute approximate surface area is 183 Å². The van der Waals surface area contributed by atoms with Crippen molar-refractivity contribution in [2.24, 2.45) is 0 Å². The van der Waals surface area contributed by atoms with Crippen LogP contribution in [0.5, 0.6) is 0 Å². The van der Waals surface area contributed by atoms with Gasteiger partial charge in [-0.1, -0.05) is 49.4 Å². The minimum absolute atomic E-state index is 0.231. The molecule has 2 heterocycles. The van der Waals surface area contributed by atoms with Crippen LogP contribution in [-0.2, 0) is 17.8 Å². The molecule has 1 amide bonds. The van der Waals surface area contributed by atoms with Crippen molar-refractivity contribution in [2.75, 3.05) is 5.32 Å². The topological polar surface area (TPSA) is 110 Å². The summed E-state index contributed by atoms with van der Waals surface area (Å²) in [5.74, 6) is 0.0321. The summed E-state index contributed by atoms with van der Waals surface area (Å²) >= 11 is 0. The zero-order valence-corrected chi connectivity index (χ0v) is 17.4. The van der Waals surface area contributed by atoms with Gasteiger partial charge in [-0.15, -0.1) is 0 Å². The van der Waals surface area contributed by atoms with E-state index in [0.29, 0.717) is 34.9 Å². The number of carbonyl (C=O) groups excluding carboxylic acids is 1. The Balaban J connectivity index is 1.53. The molecule has 2 aromatic heterocycles. The average Bonchev–Trinajstić information content (AvgIpc) is 2.81. The molecule has 0 radical (unpaired) electrons. The van der Waals surface area contributed by atoms with Crippen LogP contribution in [0.15, 0.2) is 82.4 Å². The summed E-state index contributed by atoms with van der Waals surface area (Å²) in [7, 11) is 0. The summed E-state index contributed by atoms with van der Waals surface area (Å²) in [6, 6.07) is 20.9. The first kappa shape index (κ1) is 20.9. The number of amides is 1. The maximum atomic E-state index is 12.6. The van der Waals surface area contributed by atoms with Gasteiger partial charge in [0.1, 0.15) is 12.4 Å². The van der Waals surface area contributed by atoms with Crippen molar-refractivity contribution < 1.29 is 4.79 Å². The predicted molar refractivity (Wildman–Crippen MR) is 122 cm³/mol. The molecule has 0 spiro atoms. The third-order valence-corrected chi connectivity index (χ3v) is 4.81. The van der Waals surface area contributed by atoms with E-state index in [9.17, 15) is 14.4 Å². The molecule has 0 saturated heterocycles. The number of hydrogen-bond donors (Lipinski definition) is 2. The fourth-order valence-electron chi connectivity index (χ4n) is 3.23. The van der Waals surface area contributed by atoms with E-state index in [1.54, 1.807) is 30.3 Å². The molecular weight excluding hydrogens is 406 g/mol. The lowest BCUT2D eigenvalue weighted by atomic mass is 10.1. The molecule has 0 atom stereocenters. The van der Waals surface area contributed by atoms with Gasteiger partial charge in [0.25, 0.3) is 11.1 Å². The van der Waals surface area contributed by atoms with Gasteiger partial charge in [0.15, 0.2) is 0 Å². The predicted octanol–water partition coefficient (Wildman–Crippen LogP) is 2.86. The summed E-state index contributed by atoms with van der Waals surface area (Å²) in [6.45, 7) is 1.69. The fraction of sp³-hybridized carbons (Fsp3) is 0.125. The van der Waals surface area contributed by atoms with Crippen LogP contribution >= 0.6 is 0 Å². The first-order chi connectivity index (χ1) is 15.5. The number of aryl methyl sites for hydroxylation is 1. The lowest BCUT2D eigenvalue weighted by Crippen LogP contribution is -2.29. The zero-order valence-electron chi connectivity index (χ0n) is 17.4. The van der Waals surface area contributed by atoms with E-state index in [4.69, 9.17) is 0 Å². The third kappa shape index (κ3) is 4.86. The molecule has 0 aliphatic heterocycles. The molecule has 0 unspecified atom stereocenters. The SMILES string of the molecule is CCc1cc(=O)[nH]c(-c2cccc(NC(=O)Cn3nc(-c4ccccc4)ccc3=O)c2)n1. The Morgan fingerprint density at radius 1 is 0.969 bits per heavy atom. The number of anilines is 1. The van der Waals surface area contributed by atoms with Gasteiger partial charge in [-0.05, 0) is 24.6 Å². The standard InChI is InChI=1S/C24H21N5O3/c1-2-18-14-21(30)27-24(26-18)17-9-6-10-19(13-17)25-22(31)15-29-23(32)12-11-20(28-29)16-7-4-3-5-8-16/h3-14H,2,15H2,1H3,(H,25,31)(H,26,27,30). The van der Waals surface area contributed by atoms with E-state index >= 15 is 0 Å². The Morgan fingerprint density at radius 3 is 2.53 bits per heavy atom. The molecule has 4 rings (SSSR count). The largest absolute Gasteiger partial charge is 0.324 e. The van der Waals surface area contributed by atoms with Crippen LogP contribution in [0.2, 0.25) is 0 Å². The molecule has 32 heavy (non-hydrogen) atoms. The number of hydrogen-bond acceptors (Lipinski definition) is 5. The van der Waals surface area contributed by atoms with Crippen LogP contribution in [0.4, 0.5) is 5.69 Å². The number of H-pyrrole nitrogens is 1. The van der Waals surface area contributed by atoms with Gasteiger partial charge < -0.3 is 10.3 Å².